The zero-order chi connectivity index (χ0) is 21.6. The molecule has 0 radical (unpaired) electrons. The predicted octanol–water partition coefficient (Wildman–Crippen LogP) is 3.12. The first kappa shape index (κ1) is 20.1. The van der Waals surface area contributed by atoms with Crippen molar-refractivity contribution >= 4 is 16.9 Å². The lowest BCUT2D eigenvalue weighted by Crippen LogP contribution is -2.36. The van der Waals surface area contributed by atoms with Crippen LogP contribution in [0, 0.1) is 11.7 Å². The van der Waals surface area contributed by atoms with Gasteiger partial charge in [0.05, 0.1) is 5.52 Å². The number of aromatic hydroxyl groups is 1. The summed E-state index contributed by atoms with van der Waals surface area (Å²) in [5.74, 6) is -0.964. The van der Waals surface area contributed by atoms with Crippen LogP contribution >= 0.6 is 0 Å². The molecule has 0 saturated heterocycles. The molecule has 0 spiro atoms. The molecular weight excluding hydrogens is 385 g/mol. The second-order valence-electron chi connectivity index (χ2n) is 8.08. The number of hydrogen-bond donors (Lipinski definition) is 1. The zero-order valence-corrected chi connectivity index (χ0v) is 17.3. The average Bonchev–Trinajstić information content (AvgIpc) is 2.73. The molecule has 30 heavy (non-hydrogen) atoms. The Morgan fingerprint density at radius 1 is 1.30 bits per heavy atom. The van der Waals surface area contributed by atoms with Crippen LogP contribution in [0.25, 0.3) is 11.0 Å². The summed E-state index contributed by atoms with van der Waals surface area (Å²) in [6, 6.07) is 6.31. The molecule has 1 aromatic carbocycles. The summed E-state index contributed by atoms with van der Waals surface area (Å²) in [5, 5.41) is 10.8. The van der Waals surface area contributed by atoms with Gasteiger partial charge in [0.15, 0.2) is 5.75 Å². The number of pyridine rings is 2. The Morgan fingerprint density at radius 3 is 2.63 bits per heavy atom. The number of aromatic nitrogens is 2. The van der Waals surface area contributed by atoms with Crippen LogP contribution in [0.2, 0.25) is 0 Å². The van der Waals surface area contributed by atoms with Gasteiger partial charge < -0.3 is 14.6 Å². The van der Waals surface area contributed by atoms with E-state index in [0.717, 1.165) is 29.5 Å². The molecule has 1 atom stereocenters. The Morgan fingerprint density at radius 2 is 2.00 bits per heavy atom. The van der Waals surface area contributed by atoms with Gasteiger partial charge in [0.1, 0.15) is 16.9 Å². The lowest BCUT2D eigenvalue weighted by molar-refractivity contribution is 0.0822. The quantitative estimate of drug-likeness (QED) is 0.719. The van der Waals surface area contributed by atoms with Gasteiger partial charge in [-0.25, -0.2) is 4.39 Å². The standard InChI is InChI=1S/C23H24FN3O3/c1-4-13-10-17-15(9-14-5-7-16(24)8-6-14)11-25-19-20(17)27(12-13)23(30)18(21(19)28)22(29)26(2)3/h5-8,11,13,28H,4,9-10,12H2,1-3H3. The maximum atomic E-state index is 13.3. The molecular formula is C23H24FN3O3. The molecule has 156 valence electrons. The normalized spacial score (nSPS) is 15.4. The van der Waals surface area contributed by atoms with Gasteiger partial charge in [-0.2, -0.15) is 0 Å². The smallest absolute Gasteiger partial charge is 0.267 e. The molecule has 0 aliphatic carbocycles. The SMILES string of the molecule is CCC1Cc2c(Cc3ccc(F)cc3)cnc3c(O)c(C(=O)N(C)C)c(=O)n(c23)C1. The van der Waals surface area contributed by atoms with Gasteiger partial charge in [-0.05, 0) is 47.6 Å². The molecule has 1 unspecified atom stereocenters. The third kappa shape index (κ3) is 3.24. The van der Waals surface area contributed by atoms with Gasteiger partial charge in [0, 0.05) is 26.8 Å². The van der Waals surface area contributed by atoms with Crippen molar-refractivity contribution in [1.29, 1.82) is 0 Å². The summed E-state index contributed by atoms with van der Waals surface area (Å²) in [6.07, 6.45) is 3.87. The third-order valence-electron chi connectivity index (χ3n) is 5.88. The Labute approximate surface area is 173 Å². The van der Waals surface area contributed by atoms with Gasteiger partial charge in [-0.15, -0.1) is 0 Å². The molecule has 3 aromatic rings. The third-order valence-corrected chi connectivity index (χ3v) is 5.88. The molecule has 2 aromatic heterocycles. The van der Waals surface area contributed by atoms with Crippen molar-refractivity contribution in [1.82, 2.24) is 14.5 Å². The fourth-order valence-corrected chi connectivity index (χ4v) is 4.17. The molecule has 1 amide bonds. The Kier molecular flexibility index (Phi) is 5.05. The highest BCUT2D eigenvalue weighted by Crippen LogP contribution is 2.35. The number of halogens is 1. The molecule has 0 saturated carbocycles. The fourth-order valence-electron chi connectivity index (χ4n) is 4.17. The molecule has 7 heteroatoms. The zero-order valence-electron chi connectivity index (χ0n) is 17.3. The first-order chi connectivity index (χ1) is 14.3. The highest BCUT2D eigenvalue weighted by molar-refractivity contribution is 6.01. The first-order valence-corrected chi connectivity index (χ1v) is 10.0. The van der Waals surface area contributed by atoms with E-state index in [-0.39, 0.29) is 28.6 Å². The molecule has 1 aliphatic heterocycles. The number of hydrogen-bond acceptors (Lipinski definition) is 4. The van der Waals surface area contributed by atoms with Crippen molar-refractivity contribution in [2.45, 2.75) is 32.7 Å². The molecule has 6 nitrogen and oxygen atoms in total. The van der Waals surface area contributed by atoms with Gasteiger partial charge in [0.2, 0.25) is 0 Å². The average molecular weight is 409 g/mol. The van der Waals surface area contributed by atoms with Crippen LogP contribution < -0.4 is 5.56 Å². The van der Waals surface area contributed by atoms with Crippen molar-refractivity contribution in [3.05, 3.63) is 68.9 Å². The van der Waals surface area contributed by atoms with E-state index in [2.05, 4.69) is 11.9 Å². The highest BCUT2D eigenvalue weighted by atomic mass is 19.1. The van der Waals surface area contributed by atoms with Crippen molar-refractivity contribution in [2.24, 2.45) is 5.92 Å². The van der Waals surface area contributed by atoms with Gasteiger partial charge in [0.25, 0.3) is 11.5 Å². The molecule has 0 bridgehead atoms. The fraction of sp³-hybridized carbons (Fsp3) is 0.348. The van der Waals surface area contributed by atoms with Gasteiger partial charge in [-0.3, -0.25) is 14.6 Å². The number of benzene rings is 1. The van der Waals surface area contributed by atoms with Crippen LogP contribution in [0.4, 0.5) is 4.39 Å². The summed E-state index contributed by atoms with van der Waals surface area (Å²) in [5.41, 5.74) is 2.97. The Balaban J connectivity index is 1.96. The van der Waals surface area contributed by atoms with E-state index >= 15 is 0 Å². The summed E-state index contributed by atoms with van der Waals surface area (Å²) in [4.78, 5) is 31.5. The minimum absolute atomic E-state index is 0.236. The van der Waals surface area contributed by atoms with Crippen LogP contribution in [-0.2, 0) is 19.4 Å². The minimum Gasteiger partial charge on any atom is -0.505 e. The van der Waals surface area contributed by atoms with Crippen molar-refractivity contribution < 1.29 is 14.3 Å². The van der Waals surface area contributed by atoms with Crippen LogP contribution in [-0.4, -0.2) is 39.6 Å². The number of nitrogens with zero attached hydrogens (tertiary/aromatic N) is 3. The second kappa shape index (κ2) is 7.55. The maximum Gasteiger partial charge on any atom is 0.267 e. The van der Waals surface area contributed by atoms with E-state index in [1.807, 2.05) is 0 Å². The van der Waals surface area contributed by atoms with E-state index in [9.17, 15) is 19.1 Å². The van der Waals surface area contributed by atoms with E-state index in [1.54, 1.807) is 37.0 Å². The summed E-state index contributed by atoms with van der Waals surface area (Å²) in [7, 11) is 3.09. The Bertz CT molecular complexity index is 1200. The summed E-state index contributed by atoms with van der Waals surface area (Å²) in [6.45, 7) is 2.56. The molecule has 3 heterocycles. The monoisotopic (exact) mass is 409 g/mol. The van der Waals surface area contributed by atoms with Crippen LogP contribution in [0.15, 0.2) is 35.3 Å². The highest BCUT2D eigenvalue weighted by Gasteiger charge is 2.30. The van der Waals surface area contributed by atoms with Crippen LogP contribution in [0.1, 0.15) is 40.4 Å². The number of amides is 1. The maximum absolute atomic E-state index is 13.3. The Hall–Kier alpha value is -3.22. The topological polar surface area (TPSA) is 75.4 Å². The summed E-state index contributed by atoms with van der Waals surface area (Å²) < 4.78 is 14.9. The van der Waals surface area contributed by atoms with E-state index < -0.39 is 11.5 Å². The summed E-state index contributed by atoms with van der Waals surface area (Å²) >= 11 is 0. The number of rotatable bonds is 4. The molecule has 1 aliphatic rings. The van der Waals surface area contributed by atoms with Gasteiger partial charge in [-0.1, -0.05) is 25.5 Å². The predicted molar refractivity (Wildman–Crippen MR) is 112 cm³/mol. The largest absolute Gasteiger partial charge is 0.505 e. The lowest BCUT2D eigenvalue weighted by atomic mass is 9.87. The number of carbonyl (C=O) groups excluding carboxylic acids is 1. The van der Waals surface area contributed by atoms with Crippen molar-refractivity contribution in [3.8, 4) is 5.75 Å². The van der Waals surface area contributed by atoms with Crippen molar-refractivity contribution in [2.75, 3.05) is 14.1 Å². The van der Waals surface area contributed by atoms with E-state index in [0.29, 0.717) is 18.5 Å². The number of carbonyl (C=O) groups is 1. The molecule has 4 rings (SSSR count). The minimum atomic E-state index is -0.541. The lowest BCUT2D eigenvalue weighted by Gasteiger charge is -2.28. The first-order valence-electron chi connectivity index (χ1n) is 10.0. The van der Waals surface area contributed by atoms with Crippen LogP contribution in [0.5, 0.6) is 5.75 Å². The second-order valence-corrected chi connectivity index (χ2v) is 8.08. The molecule has 0 fully saturated rings. The van der Waals surface area contributed by atoms with E-state index in [4.69, 9.17) is 0 Å². The van der Waals surface area contributed by atoms with Crippen LogP contribution in [0.3, 0.4) is 0 Å². The van der Waals surface area contributed by atoms with E-state index in [1.165, 1.54) is 17.0 Å². The molecule has 1 N–H and O–H groups in total. The van der Waals surface area contributed by atoms with Gasteiger partial charge >= 0.3 is 0 Å². The van der Waals surface area contributed by atoms with Crippen molar-refractivity contribution in [3.63, 3.8) is 0 Å².